The van der Waals surface area contributed by atoms with Gasteiger partial charge in [-0.3, -0.25) is 9.78 Å². The maximum Gasteiger partial charge on any atom is 0.316 e. The number of ether oxygens (including phenoxy) is 1. The van der Waals surface area contributed by atoms with Crippen molar-refractivity contribution in [1.29, 1.82) is 0 Å². The lowest BCUT2D eigenvalue weighted by Gasteiger charge is -2.32. The van der Waals surface area contributed by atoms with Crippen molar-refractivity contribution in [1.82, 2.24) is 19.9 Å². The van der Waals surface area contributed by atoms with Crippen molar-refractivity contribution in [3.05, 3.63) is 45.9 Å². The summed E-state index contributed by atoms with van der Waals surface area (Å²) in [7, 11) is 0. The quantitative estimate of drug-likeness (QED) is 0.796. The van der Waals surface area contributed by atoms with E-state index >= 15 is 0 Å². The van der Waals surface area contributed by atoms with Crippen LogP contribution in [-0.4, -0.2) is 45.0 Å². The highest BCUT2D eigenvalue weighted by Gasteiger charge is 2.26. The second-order valence-corrected chi connectivity index (χ2v) is 6.56. The van der Waals surface area contributed by atoms with Crippen molar-refractivity contribution in [3.8, 4) is 6.01 Å². The topological polar surface area (TPSA) is 68.2 Å². The van der Waals surface area contributed by atoms with Crippen LogP contribution in [0.5, 0.6) is 6.01 Å². The zero-order valence-electron chi connectivity index (χ0n) is 12.2. The second-order valence-electron chi connectivity index (χ2n) is 5.21. The maximum absolute atomic E-state index is 12.6. The SMILES string of the molecule is O=C(c1cncc(Br)c1)N1CCCC(Oc2ncc(Cl)cn2)C1. The van der Waals surface area contributed by atoms with Crippen LogP contribution in [0.4, 0.5) is 0 Å². The molecular formula is C15H14BrClN4O2. The number of hydrogen-bond donors (Lipinski definition) is 0. The maximum atomic E-state index is 12.6. The van der Waals surface area contributed by atoms with Gasteiger partial charge < -0.3 is 9.64 Å². The molecule has 2 aromatic rings. The number of carbonyl (C=O) groups is 1. The Morgan fingerprint density at radius 1 is 1.30 bits per heavy atom. The summed E-state index contributed by atoms with van der Waals surface area (Å²) in [6.07, 6.45) is 7.79. The lowest BCUT2D eigenvalue weighted by Crippen LogP contribution is -2.44. The number of pyridine rings is 1. The molecule has 0 aromatic carbocycles. The average molecular weight is 398 g/mol. The van der Waals surface area contributed by atoms with E-state index in [0.29, 0.717) is 23.7 Å². The third-order valence-electron chi connectivity index (χ3n) is 3.49. The van der Waals surface area contributed by atoms with E-state index in [2.05, 4.69) is 30.9 Å². The smallest absolute Gasteiger partial charge is 0.316 e. The van der Waals surface area contributed by atoms with Crippen LogP contribution in [0.3, 0.4) is 0 Å². The summed E-state index contributed by atoms with van der Waals surface area (Å²) in [5.74, 6) is -0.0517. The molecule has 1 atom stereocenters. The molecule has 1 saturated heterocycles. The number of carbonyl (C=O) groups excluding carboxylic acids is 1. The van der Waals surface area contributed by atoms with Crippen molar-refractivity contribution in [2.24, 2.45) is 0 Å². The Kier molecular flexibility index (Phi) is 5.07. The van der Waals surface area contributed by atoms with Gasteiger partial charge in [-0.05, 0) is 34.8 Å². The first-order chi connectivity index (χ1) is 11.1. The number of amides is 1. The first kappa shape index (κ1) is 16.1. The van der Waals surface area contributed by atoms with Gasteiger partial charge in [0, 0.05) is 23.4 Å². The van der Waals surface area contributed by atoms with E-state index in [0.717, 1.165) is 17.3 Å². The van der Waals surface area contributed by atoms with Gasteiger partial charge in [0.05, 0.1) is 29.5 Å². The summed E-state index contributed by atoms with van der Waals surface area (Å²) in [5, 5.41) is 0.458. The van der Waals surface area contributed by atoms with Crippen molar-refractivity contribution in [2.45, 2.75) is 18.9 Å². The van der Waals surface area contributed by atoms with Crippen LogP contribution in [0, 0.1) is 0 Å². The minimum atomic E-state index is -0.131. The molecular weight excluding hydrogens is 384 g/mol. The highest BCUT2D eigenvalue weighted by atomic mass is 79.9. The molecule has 3 rings (SSSR count). The fraction of sp³-hybridized carbons (Fsp3) is 0.333. The van der Waals surface area contributed by atoms with Crippen LogP contribution in [0.15, 0.2) is 35.3 Å². The predicted molar refractivity (Wildman–Crippen MR) is 88.5 cm³/mol. The molecule has 2 aromatic heterocycles. The lowest BCUT2D eigenvalue weighted by molar-refractivity contribution is 0.0515. The first-order valence-corrected chi connectivity index (χ1v) is 8.33. The zero-order chi connectivity index (χ0) is 16.2. The predicted octanol–water partition coefficient (Wildman–Crippen LogP) is 2.97. The van der Waals surface area contributed by atoms with E-state index in [4.69, 9.17) is 16.3 Å². The van der Waals surface area contributed by atoms with Gasteiger partial charge in [-0.1, -0.05) is 11.6 Å². The Bertz CT molecular complexity index is 698. The van der Waals surface area contributed by atoms with Gasteiger partial charge in [-0.15, -0.1) is 0 Å². The molecule has 1 aliphatic heterocycles. The molecule has 1 aliphatic rings. The Morgan fingerprint density at radius 3 is 2.83 bits per heavy atom. The summed E-state index contributed by atoms with van der Waals surface area (Å²) in [5.41, 5.74) is 0.558. The van der Waals surface area contributed by atoms with Gasteiger partial charge >= 0.3 is 6.01 Å². The van der Waals surface area contributed by atoms with Crippen LogP contribution in [0.1, 0.15) is 23.2 Å². The summed E-state index contributed by atoms with van der Waals surface area (Å²) in [4.78, 5) is 26.4. The number of halogens is 2. The highest BCUT2D eigenvalue weighted by molar-refractivity contribution is 9.10. The molecule has 23 heavy (non-hydrogen) atoms. The fourth-order valence-electron chi connectivity index (χ4n) is 2.44. The molecule has 0 aliphatic carbocycles. The normalized spacial score (nSPS) is 17.8. The fourth-order valence-corrected chi connectivity index (χ4v) is 2.90. The van der Waals surface area contributed by atoms with Gasteiger partial charge in [-0.2, -0.15) is 0 Å². The third kappa shape index (κ3) is 4.17. The van der Waals surface area contributed by atoms with Crippen LogP contribution in [0.2, 0.25) is 5.02 Å². The molecule has 0 N–H and O–H groups in total. The zero-order valence-corrected chi connectivity index (χ0v) is 14.5. The van der Waals surface area contributed by atoms with E-state index in [1.165, 1.54) is 12.4 Å². The van der Waals surface area contributed by atoms with Gasteiger partial charge in [-0.25, -0.2) is 9.97 Å². The minimum absolute atomic E-state index is 0.0517. The second kappa shape index (κ2) is 7.23. The summed E-state index contributed by atoms with van der Waals surface area (Å²) < 4.78 is 6.53. The summed E-state index contributed by atoms with van der Waals surface area (Å²) in [6.45, 7) is 1.20. The van der Waals surface area contributed by atoms with Crippen LogP contribution >= 0.6 is 27.5 Å². The van der Waals surface area contributed by atoms with E-state index in [-0.39, 0.29) is 18.0 Å². The Hall–Kier alpha value is -1.73. The molecule has 120 valence electrons. The number of rotatable bonds is 3. The molecule has 1 unspecified atom stereocenters. The largest absolute Gasteiger partial charge is 0.458 e. The number of hydrogen-bond acceptors (Lipinski definition) is 5. The van der Waals surface area contributed by atoms with Crippen molar-refractivity contribution >= 4 is 33.4 Å². The van der Waals surface area contributed by atoms with Crippen molar-refractivity contribution in [3.63, 3.8) is 0 Å². The van der Waals surface area contributed by atoms with Gasteiger partial charge in [0.2, 0.25) is 0 Å². The molecule has 0 spiro atoms. The molecule has 1 fully saturated rings. The summed E-state index contributed by atoms with van der Waals surface area (Å²) >= 11 is 9.09. The molecule has 0 radical (unpaired) electrons. The molecule has 0 saturated carbocycles. The molecule has 3 heterocycles. The van der Waals surface area contributed by atoms with Crippen LogP contribution < -0.4 is 4.74 Å². The van der Waals surface area contributed by atoms with Crippen molar-refractivity contribution < 1.29 is 9.53 Å². The van der Waals surface area contributed by atoms with Gasteiger partial charge in [0.1, 0.15) is 6.10 Å². The Balaban J connectivity index is 1.66. The number of likely N-dealkylation sites (tertiary alicyclic amines) is 1. The van der Waals surface area contributed by atoms with Gasteiger partial charge in [0.25, 0.3) is 5.91 Å². The molecule has 8 heteroatoms. The number of nitrogens with zero attached hydrogens (tertiary/aromatic N) is 4. The monoisotopic (exact) mass is 396 g/mol. The lowest BCUT2D eigenvalue weighted by atomic mass is 10.1. The van der Waals surface area contributed by atoms with E-state index in [1.54, 1.807) is 23.4 Å². The van der Waals surface area contributed by atoms with Crippen LogP contribution in [0.25, 0.3) is 0 Å². The number of piperidine rings is 1. The molecule has 6 nitrogen and oxygen atoms in total. The first-order valence-electron chi connectivity index (χ1n) is 7.16. The number of aromatic nitrogens is 3. The standard InChI is InChI=1S/C15H14BrClN4O2/c16-11-4-10(5-18-6-11)14(22)21-3-1-2-13(9-21)23-15-19-7-12(17)8-20-15/h4-8,13H,1-3,9H2. The van der Waals surface area contributed by atoms with E-state index in [9.17, 15) is 4.79 Å². The summed E-state index contributed by atoms with van der Waals surface area (Å²) in [6, 6.07) is 2.04. The van der Waals surface area contributed by atoms with E-state index in [1.807, 2.05) is 0 Å². The van der Waals surface area contributed by atoms with Crippen molar-refractivity contribution in [2.75, 3.05) is 13.1 Å². The van der Waals surface area contributed by atoms with Gasteiger partial charge in [0.15, 0.2) is 0 Å². The minimum Gasteiger partial charge on any atom is -0.458 e. The Labute approximate surface area is 147 Å². The third-order valence-corrected chi connectivity index (χ3v) is 4.11. The highest BCUT2D eigenvalue weighted by Crippen LogP contribution is 2.19. The average Bonchev–Trinajstić information content (AvgIpc) is 2.56. The van der Waals surface area contributed by atoms with E-state index < -0.39 is 0 Å². The Morgan fingerprint density at radius 2 is 2.09 bits per heavy atom. The molecule has 0 bridgehead atoms. The molecule has 1 amide bonds. The van der Waals surface area contributed by atoms with Crippen LogP contribution in [-0.2, 0) is 0 Å².